The van der Waals surface area contributed by atoms with E-state index in [0.717, 1.165) is 24.2 Å². The fourth-order valence-corrected chi connectivity index (χ4v) is 11.0. The molecule has 0 aromatic heterocycles. The van der Waals surface area contributed by atoms with E-state index in [0.29, 0.717) is 0 Å². The Kier molecular flexibility index (Phi) is 7.34. The van der Waals surface area contributed by atoms with Crippen LogP contribution < -0.4 is 4.90 Å². The van der Waals surface area contributed by atoms with Gasteiger partial charge in [-0.1, -0.05) is 163 Å². The Morgan fingerprint density at radius 2 is 0.873 bits per heavy atom. The molecule has 3 aliphatic carbocycles. The fourth-order valence-electron chi connectivity index (χ4n) is 11.0. The Hall–Kier alpha value is -5.66. The lowest BCUT2D eigenvalue weighted by Crippen LogP contribution is -2.26. The lowest BCUT2D eigenvalue weighted by molar-refractivity contribution is 0.349. The van der Waals surface area contributed by atoms with Gasteiger partial charge < -0.3 is 4.90 Å². The van der Waals surface area contributed by atoms with Crippen molar-refractivity contribution in [3.05, 3.63) is 197 Å². The van der Waals surface area contributed by atoms with Crippen LogP contribution in [0.4, 0.5) is 17.1 Å². The van der Waals surface area contributed by atoms with Crippen molar-refractivity contribution < 1.29 is 0 Å². The predicted octanol–water partition coefficient (Wildman–Crippen LogP) is 14.4. The molecule has 1 atom stereocenters. The summed E-state index contributed by atoms with van der Waals surface area (Å²) in [6.45, 7) is 14.5. The number of hydrogen-bond donors (Lipinski definition) is 0. The third kappa shape index (κ3) is 5.12. The van der Waals surface area contributed by atoms with Crippen molar-refractivity contribution in [2.45, 2.75) is 76.0 Å². The first-order valence-electron chi connectivity index (χ1n) is 20.0. The topological polar surface area (TPSA) is 3.24 Å². The zero-order chi connectivity index (χ0) is 37.7. The SMILES string of the molecule is CC1(C)CC2(CC(C)(C)c3ccc(-c4cccc(N(c5ccc(-c6ccccc6)cc5)c5ccc6c(c5)C(C)(C)c5ccccc5-6)c4)cc32)c2ccccc21. The van der Waals surface area contributed by atoms with E-state index in [4.69, 9.17) is 0 Å². The molecule has 0 aliphatic heterocycles. The van der Waals surface area contributed by atoms with E-state index in [1.54, 1.807) is 0 Å². The average molecular weight is 712 g/mol. The number of benzene rings is 7. The molecule has 0 saturated carbocycles. The van der Waals surface area contributed by atoms with Crippen LogP contribution in [0, 0.1) is 0 Å². The van der Waals surface area contributed by atoms with Crippen LogP contribution in [0.1, 0.15) is 87.8 Å². The molecule has 0 amide bonds. The van der Waals surface area contributed by atoms with Crippen LogP contribution in [0.2, 0.25) is 0 Å². The first kappa shape index (κ1) is 33.9. The van der Waals surface area contributed by atoms with Crippen LogP contribution in [0.3, 0.4) is 0 Å². The number of anilines is 3. The molecular formula is C54H49N. The van der Waals surface area contributed by atoms with Gasteiger partial charge in [0.1, 0.15) is 0 Å². The van der Waals surface area contributed by atoms with Crippen molar-refractivity contribution in [1.82, 2.24) is 0 Å². The molecule has 1 unspecified atom stereocenters. The van der Waals surface area contributed by atoms with Crippen molar-refractivity contribution >= 4 is 17.1 Å². The molecule has 10 rings (SSSR count). The van der Waals surface area contributed by atoms with E-state index in [2.05, 4.69) is 210 Å². The van der Waals surface area contributed by atoms with Crippen molar-refractivity contribution in [2.75, 3.05) is 4.90 Å². The quantitative estimate of drug-likeness (QED) is 0.172. The van der Waals surface area contributed by atoms with Gasteiger partial charge in [-0.15, -0.1) is 0 Å². The molecule has 0 fully saturated rings. The van der Waals surface area contributed by atoms with Gasteiger partial charge >= 0.3 is 0 Å². The van der Waals surface area contributed by atoms with E-state index in [9.17, 15) is 0 Å². The molecule has 0 radical (unpaired) electrons. The third-order valence-corrected chi connectivity index (χ3v) is 13.4. The van der Waals surface area contributed by atoms with Gasteiger partial charge in [0.05, 0.1) is 0 Å². The first-order valence-corrected chi connectivity index (χ1v) is 20.0. The second-order valence-electron chi connectivity index (χ2n) is 18.2. The van der Waals surface area contributed by atoms with Crippen LogP contribution >= 0.6 is 0 Å². The summed E-state index contributed by atoms with van der Waals surface area (Å²) < 4.78 is 0. The smallest absolute Gasteiger partial charge is 0.0467 e. The summed E-state index contributed by atoms with van der Waals surface area (Å²) in [5.74, 6) is 0. The number of fused-ring (bicyclic) bond motifs is 7. The second-order valence-corrected chi connectivity index (χ2v) is 18.2. The zero-order valence-corrected chi connectivity index (χ0v) is 32.9. The van der Waals surface area contributed by atoms with Gasteiger partial charge in [0.15, 0.2) is 0 Å². The van der Waals surface area contributed by atoms with Crippen molar-refractivity contribution in [3.63, 3.8) is 0 Å². The molecule has 0 N–H and O–H groups in total. The van der Waals surface area contributed by atoms with Crippen molar-refractivity contribution in [2.24, 2.45) is 0 Å². The van der Waals surface area contributed by atoms with Gasteiger partial charge in [-0.3, -0.25) is 0 Å². The van der Waals surface area contributed by atoms with E-state index >= 15 is 0 Å². The van der Waals surface area contributed by atoms with Crippen molar-refractivity contribution in [1.29, 1.82) is 0 Å². The molecule has 0 bridgehead atoms. The molecule has 55 heavy (non-hydrogen) atoms. The van der Waals surface area contributed by atoms with Gasteiger partial charge in [-0.05, 0) is 133 Å². The summed E-state index contributed by atoms with van der Waals surface area (Å²) >= 11 is 0. The van der Waals surface area contributed by atoms with E-state index in [-0.39, 0.29) is 21.7 Å². The van der Waals surface area contributed by atoms with Crippen LogP contribution in [0.25, 0.3) is 33.4 Å². The highest BCUT2D eigenvalue weighted by atomic mass is 15.1. The van der Waals surface area contributed by atoms with Crippen LogP contribution in [-0.2, 0) is 21.7 Å². The van der Waals surface area contributed by atoms with Crippen LogP contribution in [0.5, 0.6) is 0 Å². The van der Waals surface area contributed by atoms with Crippen LogP contribution in [-0.4, -0.2) is 0 Å². The Labute approximate surface area is 327 Å². The summed E-state index contributed by atoms with van der Waals surface area (Å²) in [4.78, 5) is 2.45. The predicted molar refractivity (Wildman–Crippen MR) is 232 cm³/mol. The number of nitrogens with zero attached hydrogens (tertiary/aromatic N) is 1. The van der Waals surface area contributed by atoms with Gasteiger partial charge in [-0.25, -0.2) is 0 Å². The molecule has 0 heterocycles. The molecule has 7 aromatic rings. The van der Waals surface area contributed by atoms with Gasteiger partial charge in [-0.2, -0.15) is 0 Å². The highest BCUT2D eigenvalue weighted by Crippen LogP contribution is 2.63. The van der Waals surface area contributed by atoms with Gasteiger partial charge in [0.25, 0.3) is 0 Å². The molecule has 0 saturated heterocycles. The molecule has 1 heteroatoms. The lowest BCUT2D eigenvalue weighted by atomic mass is 9.72. The van der Waals surface area contributed by atoms with Gasteiger partial charge in [0.2, 0.25) is 0 Å². The minimum atomic E-state index is -0.0891. The van der Waals surface area contributed by atoms with E-state index in [1.807, 2.05) is 0 Å². The minimum absolute atomic E-state index is 0.0217. The van der Waals surface area contributed by atoms with E-state index < -0.39 is 0 Å². The summed E-state index contributed by atoms with van der Waals surface area (Å²) in [5, 5.41) is 0. The Balaban J connectivity index is 1.11. The standard InChI is InChI=1S/C54H49N/c1-51(2)34-54(48-22-13-12-21-46(48)51)35-52(3,4)47-30-25-39(32-50(47)54)38-17-14-18-41(31-38)55(40-26-23-37(24-27-40)36-15-8-7-9-16-36)42-28-29-44-43-19-10-11-20-45(43)53(5,6)49(44)33-42/h7-33H,34-35H2,1-6H3. The lowest BCUT2D eigenvalue weighted by Gasteiger charge is -2.31. The highest BCUT2D eigenvalue weighted by molar-refractivity contribution is 5.87. The molecule has 1 spiro atoms. The Morgan fingerprint density at radius 3 is 1.62 bits per heavy atom. The zero-order valence-electron chi connectivity index (χ0n) is 32.9. The summed E-state index contributed by atoms with van der Waals surface area (Å²) in [6.07, 6.45) is 2.29. The summed E-state index contributed by atoms with van der Waals surface area (Å²) in [7, 11) is 0. The Bertz CT molecular complexity index is 2620. The maximum atomic E-state index is 2.55. The van der Waals surface area contributed by atoms with Crippen molar-refractivity contribution in [3.8, 4) is 33.4 Å². The normalized spacial score (nSPS) is 19.1. The maximum Gasteiger partial charge on any atom is 0.0467 e. The maximum absolute atomic E-state index is 2.55. The molecule has 7 aromatic carbocycles. The third-order valence-electron chi connectivity index (χ3n) is 13.4. The molecule has 3 aliphatic rings. The summed E-state index contributed by atoms with van der Waals surface area (Å²) in [5.41, 5.74) is 20.1. The fraction of sp³-hybridized carbons (Fsp3) is 0.222. The monoisotopic (exact) mass is 711 g/mol. The molecule has 1 nitrogen and oxygen atoms in total. The Morgan fingerprint density at radius 1 is 0.345 bits per heavy atom. The molecule has 270 valence electrons. The summed E-state index contributed by atoms with van der Waals surface area (Å²) in [6, 6.07) is 61.6. The minimum Gasteiger partial charge on any atom is -0.310 e. The van der Waals surface area contributed by atoms with Crippen LogP contribution in [0.15, 0.2) is 164 Å². The largest absolute Gasteiger partial charge is 0.310 e. The number of rotatable bonds is 5. The number of hydrogen-bond acceptors (Lipinski definition) is 1. The first-order chi connectivity index (χ1) is 26.5. The second kappa shape index (κ2) is 11.9. The van der Waals surface area contributed by atoms with Gasteiger partial charge in [0, 0.05) is 27.9 Å². The molecular weight excluding hydrogens is 663 g/mol. The average Bonchev–Trinajstić information content (AvgIpc) is 3.68. The highest BCUT2D eigenvalue weighted by Gasteiger charge is 2.56. The van der Waals surface area contributed by atoms with E-state index in [1.165, 1.54) is 72.4 Å².